The van der Waals surface area contributed by atoms with Crippen LogP contribution in [0.3, 0.4) is 0 Å². The van der Waals surface area contributed by atoms with Crippen LogP contribution in [0.5, 0.6) is 0 Å². The normalized spacial score (nSPS) is 23.4. The fourth-order valence-electron chi connectivity index (χ4n) is 2.62. The van der Waals surface area contributed by atoms with Crippen molar-refractivity contribution >= 4 is 5.95 Å². The van der Waals surface area contributed by atoms with E-state index in [4.69, 9.17) is 5.26 Å². The molecule has 4 nitrogen and oxygen atoms in total. The molecule has 0 aliphatic heterocycles. The predicted octanol–water partition coefficient (Wildman–Crippen LogP) is 2.89. The monoisotopic (exact) mass is 244 g/mol. The number of aryl methyl sites for hydroxylation is 1. The lowest BCUT2D eigenvalue weighted by atomic mass is 9.80. The number of hydrogen-bond acceptors (Lipinski definition) is 4. The van der Waals surface area contributed by atoms with E-state index in [2.05, 4.69) is 28.3 Å². The summed E-state index contributed by atoms with van der Waals surface area (Å²) in [6, 6.07) is 3.77. The van der Waals surface area contributed by atoms with E-state index >= 15 is 0 Å². The second-order valence-corrected chi connectivity index (χ2v) is 5.23. The second kappa shape index (κ2) is 5.81. The van der Waals surface area contributed by atoms with Crippen molar-refractivity contribution in [3.8, 4) is 6.07 Å². The first-order valence-corrected chi connectivity index (χ1v) is 6.68. The summed E-state index contributed by atoms with van der Waals surface area (Å²) in [6.45, 7) is 5.12. The van der Waals surface area contributed by atoms with Crippen LogP contribution in [0.1, 0.15) is 44.0 Å². The number of nitrogens with one attached hydrogen (secondary N) is 1. The van der Waals surface area contributed by atoms with Gasteiger partial charge in [-0.15, -0.1) is 0 Å². The van der Waals surface area contributed by atoms with Crippen LogP contribution in [-0.4, -0.2) is 16.5 Å². The summed E-state index contributed by atoms with van der Waals surface area (Å²) in [5.41, 5.74) is 1.27. The average Bonchev–Trinajstić information content (AvgIpc) is 2.37. The van der Waals surface area contributed by atoms with Gasteiger partial charge in [0.2, 0.25) is 5.95 Å². The summed E-state index contributed by atoms with van der Waals surface area (Å²) in [6.07, 6.45) is 5.29. The molecular weight excluding hydrogens is 224 g/mol. The van der Waals surface area contributed by atoms with Gasteiger partial charge in [0.1, 0.15) is 11.8 Å². The smallest absolute Gasteiger partial charge is 0.224 e. The van der Waals surface area contributed by atoms with E-state index in [9.17, 15) is 0 Å². The number of anilines is 1. The molecule has 96 valence electrons. The molecule has 0 aromatic carbocycles. The second-order valence-electron chi connectivity index (χ2n) is 5.23. The van der Waals surface area contributed by atoms with Crippen molar-refractivity contribution in [3.05, 3.63) is 17.5 Å². The molecule has 1 aliphatic rings. The maximum Gasteiger partial charge on any atom is 0.224 e. The van der Waals surface area contributed by atoms with Gasteiger partial charge in [-0.1, -0.05) is 26.2 Å². The Morgan fingerprint density at radius 2 is 2.17 bits per heavy atom. The zero-order chi connectivity index (χ0) is 13.0. The molecule has 0 radical (unpaired) electrons. The quantitative estimate of drug-likeness (QED) is 0.888. The Hall–Kier alpha value is -1.63. The lowest BCUT2D eigenvalue weighted by molar-refractivity contribution is 0.268. The molecule has 4 heteroatoms. The summed E-state index contributed by atoms with van der Waals surface area (Å²) in [4.78, 5) is 8.50. The first kappa shape index (κ1) is 12.8. The molecule has 2 atom stereocenters. The number of nitrogens with zero attached hydrogens (tertiary/aromatic N) is 3. The van der Waals surface area contributed by atoms with E-state index in [1.807, 2.05) is 6.92 Å². The molecule has 2 rings (SSSR count). The van der Waals surface area contributed by atoms with Crippen molar-refractivity contribution in [2.24, 2.45) is 11.8 Å². The molecule has 1 aromatic heterocycles. The molecule has 0 saturated heterocycles. The number of rotatable bonds is 3. The minimum absolute atomic E-state index is 0.432. The van der Waals surface area contributed by atoms with Crippen molar-refractivity contribution in [2.75, 3.05) is 11.9 Å². The lowest BCUT2D eigenvalue weighted by Gasteiger charge is -2.28. The minimum Gasteiger partial charge on any atom is -0.354 e. The van der Waals surface area contributed by atoms with E-state index in [0.29, 0.717) is 17.6 Å². The van der Waals surface area contributed by atoms with Gasteiger partial charge in [-0.25, -0.2) is 9.97 Å². The SMILES string of the molecule is Cc1cc(C#N)nc(NCC2CCCCC2C)n1. The van der Waals surface area contributed by atoms with Crippen molar-refractivity contribution in [3.63, 3.8) is 0 Å². The molecule has 0 spiro atoms. The summed E-state index contributed by atoms with van der Waals surface area (Å²) in [7, 11) is 0. The zero-order valence-electron chi connectivity index (χ0n) is 11.1. The Labute approximate surface area is 108 Å². The van der Waals surface area contributed by atoms with Crippen molar-refractivity contribution in [2.45, 2.75) is 39.5 Å². The van der Waals surface area contributed by atoms with Gasteiger partial charge < -0.3 is 5.32 Å². The third-order valence-corrected chi connectivity index (χ3v) is 3.78. The van der Waals surface area contributed by atoms with E-state index in [-0.39, 0.29) is 0 Å². The highest BCUT2D eigenvalue weighted by Gasteiger charge is 2.21. The van der Waals surface area contributed by atoms with Gasteiger partial charge in [0.05, 0.1) is 0 Å². The minimum atomic E-state index is 0.432. The highest BCUT2D eigenvalue weighted by molar-refractivity contribution is 5.32. The molecule has 1 aliphatic carbocycles. The van der Waals surface area contributed by atoms with Crippen molar-refractivity contribution in [1.29, 1.82) is 5.26 Å². The summed E-state index contributed by atoms with van der Waals surface area (Å²) < 4.78 is 0. The summed E-state index contributed by atoms with van der Waals surface area (Å²) in [5.74, 6) is 2.06. The van der Waals surface area contributed by atoms with Gasteiger partial charge in [-0.3, -0.25) is 0 Å². The van der Waals surface area contributed by atoms with E-state index in [1.54, 1.807) is 6.07 Å². The maximum absolute atomic E-state index is 8.88. The average molecular weight is 244 g/mol. The Kier molecular flexibility index (Phi) is 4.14. The van der Waals surface area contributed by atoms with Crippen LogP contribution in [0.4, 0.5) is 5.95 Å². The molecule has 0 amide bonds. The zero-order valence-corrected chi connectivity index (χ0v) is 11.1. The first-order valence-electron chi connectivity index (χ1n) is 6.68. The summed E-state index contributed by atoms with van der Waals surface area (Å²) >= 11 is 0. The fraction of sp³-hybridized carbons (Fsp3) is 0.643. The van der Waals surface area contributed by atoms with Gasteiger partial charge >= 0.3 is 0 Å². The van der Waals surface area contributed by atoms with Crippen LogP contribution < -0.4 is 5.32 Å². The molecule has 1 N–H and O–H groups in total. The molecule has 1 aromatic rings. The van der Waals surface area contributed by atoms with Crippen LogP contribution in [0, 0.1) is 30.1 Å². The van der Waals surface area contributed by atoms with Crippen LogP contribution >= 0.6 is 0 Å². The van der Waals surface area contributed by atoms with Crippen molar-refractivity contribution < 1.29 is 0 Å². The topological polar surface area (TPSA) is 61.6 Å². The third kappa shape index (κ3) is 3.19. The highest BCUT2D eigenvalue weighted by atomic mass is 15.1. The first-order chi connectivity index (χ1) is 8.69. The number of hydrogen-bond donors (Lipinski definition) is 1. The molecule has 2 unspecified atom stereocenters. The Bertz CT molecular complexity index is 450. The van der Waals surface area contributed by atoms with E-state index in [1.165, 1.54) is 25.7 Å². The molecule has 18 heavy (non-hydrogen) atoms. The Morgan fingerprint density at radius 3 is 2.89 bits per heavy atom. The number of aromatic nitrogens is 2. The van der Waals surface area contributed by atoms with Gasteiger partial charge in [-0.2, -0.15) is 5.26 Å². The Morgan fingerprint density at radius 1 is 1.39 bits per heavy atom. The molecule has 1 heterocycles. The Balaban J connectivity index is 1.97. The van der Waals surface area contributed by atoms with E-state index < -0.39 is 0 Å². The van der Waals surface area contributed by atoms with Crippen LogP contribution in [0.25, 0.3) is 0 Å². The predicted molar refractivity (Wildman–Crippen MR) is 71.1 cm³/mol. The van der Waals surface area contributed by atoms with Crippen LogP contribution in [0.2, 0.25) is 0 Å². The largest absolute Gasteiger partial charge is 0.354 e. The van der Waals surface area contributed by atoms with Gasteiger partial charge in [0.15, 0.2) is 0 Å². The summed E-state index contributed by atoms with van der Waals surface area (Å²) in [5, 5.41) is 12.2. The van der Waals surface area contributed by atoms with Crippen LogP contribution in [-0.2, 0) is 0 Å². The van der Waals surface area contributed by atoms with E-state index in [0.717, 1.165) is 18.2 Å². The number of nitriles is 1. The standard InChI is InChI=1S/C14H20N4/c1-10-5-3-4-6-12(10)9-16-14-17-11(2)7-13(8-15)18-14/h7,10,12H,3-6,9H2,1-2H3,(H,16,17,18). The highest BCUT2D eigenvalue weighted by Crippen LogP contribution is 2.29. The fourth-order valence-corrected chi connectivity index (χ4v) is 2.62. The molecule has 0 bridgehead atoms. The van der Waals surface area contributed by atoms with Gasteiger partial charge in [0, 0.05) is 12.2 Å². The van der Waals surface area contributed by atoms with Crippen molar-refractivity contribution in [1.82, 2.24) is 9.97 Å². The lowest BCUT2D eigenvalue weighted by Crippen LogP contribution is -2.25. The maximum atomic E-state index is 8.88. The molecule has 1 saturated carbocycles. The molecular formula is C14H20N4. The van der Waals surface area contributed by atoms with Gasteiger partial charge in [-0.05, 0) is 31.2 Å². The van der Waals surface area contributed by atoms with Crippen LogP contribution in [0.15, 0.2) is 6.07 Å². The molecule has 1 fully saturated rings. The van der Waals surface area contributed by atoms with Gasteiger partial charge in [0.25, 0.3) is 0 Å². The third-order valence-electron chi connectivity index (χ3n) is 3.78.